The Morgan fingerprint density at radius 3 is 2.53 bits per heavy atom. The van der Waals surface area contributed by atoms with Gasteiger partial charge in [-0.3, -0.25) is 0 Å². The molecule has 0 amide bonds. The Kier molecular flexibility index (Phi) is 4.18. The fraction of sp³-hybridized carbons (Fsp3) is 0.286. The summed E-state index contributed by atoms with van der Waals surface area (Å²) in [6.07, 6.45) is 1.12. The van der Waals surface area contributed by atoms with Gasteiger partial charge in [0.25, 0.3) is 0 Å². The Morgan fingerprint density at radius 2 is 1.88 bits per heavy atom. The van der Waals surface area contributed by atoms with Crippen LogP contribution in [-0.4, -0.2) is 18.5 Å². The van der Waals surface area contributed by atoms with Crippen LogP contribution < -0.4 is 5.73 Å². The van der Waals surface area contributed by atoms with Gasteiger partial charge in [0.05, 0.1) is 0 Å². The topological polar surface area (TPSA) is 29.3 Å². The molecule has 1 heterocycles. The second-order valence-corrected chi connectivity index (χ2v) is 5.14. The number of rotatable bonds is 5. The van der Waals surface area contributed by atoms with Gasteiger partial charge in [-0.05, 0) is 53.6 Å². The third kappa shape index (κ3) is 3.88. The molecule has 0 atom stereocenters. The average molecular weight is 246 g/mol. The van der Waals surface area contributed by atoms with E-state index in [2.05, 4.69) is 40.9 Å². The Balaban J connectivity index is 1.80. The number of nitrogen functional groups attached to an aromatic ring is 1. The number of anilines is 1. The van der Waals surface area contributed by atoms with E-state index in [4.69, 9.17) is 5.73 Å². The van der Waals surface area contributed by atoms with Gasteiger partial charge in [-0.15, -0.1) is 0 Å². The van der Waals surface area contributed by atoms with Crippen LogP contribution in [0.25, 0.3) is 0 Å². The zero-order valence-corrected chi connectivity index (χ0v) is 10.9. The first-order chi connectivity index (χ1) is 8.24. The summed E-state index contributed by atoms with van der Waals surface area (Å²) in [6, 6.07) is 10.3. The van der Waals surface area contributed by atoms with Crippen LogP contribution in [0.1, 0.15) is 11.1 Å². The molecule has 90 valence electrons. The molecule has 0 aliphatic rings. The molecular formula is C14H18N2S. The van der Waals surface area contributed by atoms with Gasteiger partial charge in [-0.25, -0.2) is 0 Å². The van der Waals surface area contributed by atoms with Crippen LogP contribution >= 0.6 is 11.3 Å². The summed E-state index contributed by atoms with van der Waals surface area (Å²) in [5.41, 5.74) is 9.24. The quantitative estimate of drug-likeness (QED) is 0.822. The summed E-state index contributed by atoms with van der Waals surface area (Å²) < 4.78 is 0. The van der Waals surface area contributed by atoms with E-state index in [0.717, 1.165) is 25.2 Å². The van der Waals surface area contributed by atoms with Gasteiger partial charge in [-0.1, -0.05) is 12.1 Å². The van der Waals surface area contributed by atoms with Gasteiger partial charge in [0.2, 0.25) is 0 Å². The van der Waals surface area contributed by atoms with Crippen molar-refractivity contribution in [3.05, 3.63) is 52.2 Å². The van der Waals surface area contributed by atoms with Gasteiger partial charge in [-0.2, -0.15) is 11.3 Å². The van der Waals surface area contributed by atoms with E-state index in [-0.39, 0.29) is 0 Å². The highest BCUT2D eigenvalue weighted by molar-refractivity contribution is 7.07. The van der Waals surface area contributed by atoms with Crippen molar-refractivity contribution >= 4 is 17.0 Å². The highest BCUT2D eigenvalue weighted by Crippen LogP contribution is 2.10. The van der Waals surface area contributed by atoms with Crippen LogP contribution in [0.15, 0.2) is 41.1 Å². The van der Waals surface area contributed by atoms with E-state index in [9.17, 15) is 0 Å². The second kappa shape index (κ2) is 5.84. The largest absolute Gasteiger partial charge is 0.399 e. The van der Waals surface area contributed by atoms with E-state index in [0.29, 0.717) is 0 Å². The fourth-order valence-electron chi connectivity index (χ4n) is 1.77. The van der Waals surface area contributed by atoms with Crippen molar-refractivity contribution in [1.29, 1.82) is 0 Å². The molecule has 0 bridgehead atoms. The lowest BCUT2D eigenvalue weighted by molar-refractivity contribution is 0.331. The van der Waals surface area contributed by atoms with Crippen molar-refractivity contribution in [2.24, 2.45) is 0 Å². The first kappa shape index (κ1) is 12.1. The molecular weight excluding hydrogens is 228 g/mol. The first-order valence-electron chi connectivity index (χ1n) is 5.78. The zero-order valence-electron chi connectivity index (χ0n) is 10.1. The lowest BCUT2D eigenvalue weighted by Gasteiger charge is -2.16. The van der Waals surface area contributed by atoms with Crippen molar-refractivity contribution in [2.45, 2.75) is 13.0 Å². The van der Waals surface area contributed by atoms with Crippen LogP contribution in [-0.2, 0) is 13.0 Å². The van der Waals surface area contributed by atoms with Crippen LogP contribution in [0.5, 0.6) is 0 Å². The third-order valence-electron chi connectivity index (χ3n) is 2.79. The smallest absolute Gasteiger partial charge is 0.0314 e. The molecule has 0 spiro atoms. The number of benzene rings is 1. The Morgan fingerprint density at radius 1 is 1.12 bits per heavy atom. The molecule has 0 aliphatic heterocycles. The molecule has 2 rings (SSSR count). The Bertz CT molecular complexity index is 434. The predicted octanol–water partition coefficient (Wildman–Crippen LogP) is 3.00. The highest BCUT2D eigenvalue weighted by Gasteiger charge is 2.01. The summed E-state index contributed by atoms with van der Waals surface area (Å²) in [6.45, 7) is 2.06. The van der Waals surface area contributed by atoms with Gasteiger partial charge in [0.1, 0.15) is 0 Å². The summed E-state index contributed by atoms with van der Waals surface area (Å²) >= 11 is 1.76. The van der Waals surface area contributed by atoms with Crippen molar-refractivity contribution < 1.29 is 0 Å². The number of likely N-dealkylation sites (N-methyl/N-ethyl adjacent to an activating group) is 1. The molecule has 1 aromatic heterocycles. The maximum atomic E-state index is 5.67. The molecule has 2 aromatic rings. The van der Waals surface area contributed by atoms with Crippen molar-refractivity contribution in [2.75, 3.05) is 19.3 Å². The minimum atomic E-state index is 0.828. The van der Waals surface area contributed by atoms with E-state index >= 15 is 0 Å². The molecule has 0 fully saturated rings. The van der Waals surface area contributed by atoms with E-state index in [1.807, 2.05) is 12.1 Å². The van der Waals surface area contributed by atoms with Crippen molar-refractivity contribution in [3.63, 3.8) is 0 Å². The summed E-state index contributed by atoms with van der Waals surface area (Å²) in [5, 5.41) is 4.35. The lowest BCUT2D eigenvalue weighted by Crippen LogP contribution is -2.20. The summed E-state index contributed by atoms with van der Waals surface area (Å²) in [7, 11) is 2.16. The molecule has 0 radical (unpaired) electrons. The average Bonchev–Trinajstić information content (AvgIpc) is 2.83. The van der Waals surface area contributed by atoms with Crippen molar-refractivity contribution in [3.8, 4) is 0 Å². The SMILES string of the molecule is CN(CCc1ccsc1)Cc1ccc(N)cc1. The molecule has 0 saturated heterocycles. The lowest BCUT2D eigenvalue weighted by atomic mass is 10.2. The normalized spacial score (nSPS) is 10.9. The van der Waals surface area contributed by atoms with Crippen molar-refractivity contribution in [1.82, 2.24) is 4.90 Å². The van der Waals surface area contributed by atoms with Gasteiger partial charge in [0.15, 0.2) is 0 Å². The maximum Gasteiger partial charge on any atom is 0.0314 e. The second-order valence-electron chi connectivity index (χ2n) is 4.36. The minimum Gasteiger partial charge on any atom is -0.399 e. The summed E-state index contributed by atoms with van der Waals surface area (Å²) in [4.78, 5) is 2.34. The maximum absolute atomic E-state index is 5.67. The van der Waals surface area contributed by atoms with Crippen LogP contribution in [0.3, 0.4) is 0 Å². The molecule has 1 aromatic carbocycles. The van der Waals surface area contributed by atoms with Crippen LogP contribution in [0.2, 0.25) is 0 Å². The van der Waals surface area contributed by atoms with Gasteiger partial charge >= 0.3 is 0 Å². The third-order valence-corrected chi connectivity index (χ3v) is 3.53. The zero-order chi connectivity index (χ0) is 12.1. The molecule has 0 saturated carbocycles. The number of hydrogen-bond donors (Lipinski definition) is 1. The Hall–Kier alpha value is -1.32. The molecule has 2 nitrogen and oxygen atoms in total. The molecule has 0 aliphatic carbocycles. The number of hydrogen-bond acceptors (Lipinski definition) is 3. The van der Waals surface area contributed by atoms with Gasteiger partial charge < -0.3 is 10.6 Å². The summed E-state index contributed by atoms with van der Waals surface area (Å²) in [5.74, 6) is 0. The molecule has 3 heteroatoms. The standard InChI is InChI=1S/C14H18N2S/c1-16(8-6-13-7-9-17-11-13)10-12-2-4-14(15)5-3-12/h2-5,7,9,11H,6,8,10,15H2,1H3. The van der Waals surface area contributed by atoms with E-state index < -0.39 is 0 Å². The van der Waals surface area contributed by atoms with Gasteiger partial charge in [0, 0.05) is 18.8 Å². The molecule has 17 heavy (non-hydrogen) atoms. The first-order valence-corrected chi connectivity index (χ1v) is 6.72. The minimum absolute atomic E-state index is 0.828. The molecule has 2 N–H and O–H groups in total. The van der Waals surface area contributed by atoms with Crippen LogP contribution in [0, 0.1) is 0 Å². The predicted molar refractivity (Wildman–Crippen MR) is 75.2 cm³/mol. The number of nitrogens with two attached hydrogens (primary N) is 1. The van der Waals surface area contributed by atoms with Crippen LogP contribution in [0.4, 0.5) is 5.69 Å². The highest BCUT2D eigenvalue weighted by atomic mass is 32.1. The fourth-order valence-corrected chi connectivity index (χ4v) is 2.47. The Labute approximate surface area is 107 Å². The van der Waals surface area contributed by atoms with E-state index in [1.54, 1.807) is 11.3 Å². The number of thiophene rings is 1. The number of nitrogens with zero attached hydrogens (tertiary/aromatic N) is 1. The van der Waals surface area contributed by atoms with E-state index in [1.165, 1.54) is 11.1 Å². The molecule has 0 unspecified atom stereocenters. The monoisotopic (exact) mass is 246 g/mol.